The second-order valence-electron chi connectivity index (χ2n) is 10.2. The molecule has 0 bridgehead atoms. The standard InChI is InChI=1S/C36H8F6N8/c1-47-20-11-9-19(10-12-20)25-28(23(16-46)49-3)30-31(34(25)50-4)32(35(37,38)39)26-21(14-44)24(18-7-5-17(13-43)6-8-18)27(22(15-45)48-2)29(26)33(30)36(40,41)42/h5-12H/b27-22-,28-23+. The normalized spacial score (nSPS) is 15.2. The molecule has 8 nitrogen and oxygen atoms in total. The van der Waals surface area contributed by atoms with E-state index < -0.39 is 90.7 Å². The third-order valence-electron chi connectivity index (χ3n) is 7.76. The summed E-state index contributed by atoms with van der Waals surface area (Å²) in [7, 11) is 0. The zero-order valence-electron chi connectivity index (χ0n) is 24.5. The fraction of sp³-hybridized carbons (Fsp3) is 0.0556. The smallest absolute Gasteiger partial charge is 0.238 e. The average molecular weight is 667 g/mol. The van der Waals surface area contributed by atoms with E-state index in [1.54, 1.807) is 6.07 Å². The Morgan fingerprint density at radius 2 is 1.02 bits per heavy atom. The Labute approximate surface area is 278 Å². The first-order valence-electron chi connectivity index (χ1n) is 13.5. The zero-order chi connectivity index (χ0) is 36.7. The van der Waals surface area contributed by atoms with Crippen LogP contribution in [-0.4, -0.2) is 0 Å². The number of fused-ring (bicyclic) bond motifs is 2. The van der Waals surface area contributed by atoms with Crippen molar-refractivity contribution in [3.63, 3.8) is 0 Å². The molecule has 0 saturated heterocycles. The van der Waals surface area contributed by atoms with Crippen LogP contribution in [-0.2, 0) is 12.4 Å². The first-order chi connectivity index (χ1) is 23.8. The number of rotatable bonds is 2. The molecule has 0 unspecified atom stereocenters. The van der Waals surface area contributed by atoms with Crippen LogP contribution in [0.1, 0.15) is 50.1 Å². The highest BCUT2D eigenvalue weighted by Gasteiger charge is 2.53. The fourth-order valence-electron chi connectivity index (χ4n) is 6.00. The van der Waals surface area contributed by atoms with Gasteiger partial charge >= 0.3 is 12.4 Å². The van der Waals surface area contributed by atoms with Crippen LogP contribution in [0, 0.1) is 71.6 Å². The summed E-state index contributed by atoms with van der Waals surface area (Å²) in [4.78, 5) is 12.4. The van der Waals surface area contributed by atoms with E-state index in [0.29, 0.717) is 0 Å². The number of halogens is 6. The molecule has 0 fully saturated rings. The maximum Gasteiger partial charge on any atom is 0.417 e. The maximum absolute atomic E-state index is 15.6. The molecule has 234 valence electrons. The number of alkyl halides is 6. The average Bonchev–Trinajstić information content (AvgIpc) is 3.60. The Balaban J connectivity index is 2.20. The topological polar surface area (TPSA) is 113 Å². The number of nitrogens with zero attached hydrogens (tertiary/aromatic N) is 8. The molecular formula is C36H8F6N8. The summed E-state index contributed by atoms with van der Waals surface area (Å²) in [6, 6.07) is 15.3. The molecule has 2 aliphatic rings. The van der Waals surface area contributed by atoms with Crippen molar-refractivity contribution in [1.29, 1.82) is 21.0 Å². The molecule has 5 rings (SSSR count). The molecule has 0 aromatic heterocycles. The number of benzene rings is 3. The van der Waals surface area contributed by atoms with Gasteiger partial charge in [-0.15, -0.1) is 0 Å². The second kappa shape index (κ2) is 12.0. The predicted octanol–water partition coefficient (Wildman–Crippen LogP) is 9.70. The van der Waals surface area contributed by atoms with Gasteiger partial charge in [0, 0.05) is 16.7 Å². The minimum Gasteiger partial charge on any atom is -0.238 e. The lowest BCUT2D eigenvalue weighted by Crippen LogP contribution is -2.20. The Morgan fingerprint density at radius 1 is 0.560 bits per heavy atom. The van der Waals surface area contributed by atoms with Crippen LogP contribution in [0.25, 0.3) is 52.9 Å². The van der Waals surface area contributed by atoms with Gasteiger partial charge in [-0.3, -0.25) is 0 Å². The van der Waals surface area contributed by atoms with E-state index in [0.717, 1.165) is 36.4 Å². The van der Waals surface area contributed by atoms with Gasteiger partial charge in [-0.05, 0) is 51.1 Å². The molecule has 14 heteroatoms. The van der Waals surface area contributed by atoms with E-state index in [-0.39, 0.29) is 22.4 Å². The molecule has 3 aromatic carbocycles. The summed E-state index contributed by atoms with van der Waals surface area (Å²) in [5.74, 6) is 0. The van der Waals surface area contributed by atoms with Crippen LogP contribution in [0.5, 0.6) is 0 Å². The van der Waals surface area contributed by atoms with E-state index in [1.165, 1.54) is 30.3 Å². The molecule has 0 spiro atoms. The lowest BCUT2D eigenvalue weighted by molar-refractivity contribution is -0.141. The summed E-state index contributed by atoms with van der Waals surface area (Å²) in [5.41, 5.74) is -17.1. The molecule has 0 aliphatic heterocycles. The van der Waals surface area contributed by atoms with Crippen LogP contribution in [0.2, 0.25) is 0 Å². The van der Waals surface area contributed by atoms with Crippen molar-refractivity contribution < 1.29 is 26.3 Å². The lowest BCUT2D eigenvalue weighted by Gasteiger charge is -2.25. The van der Waals surface area contributed by atoms with Gasteiger partial charge in [0.1, 0.15) is 6.07 Å². The van der Waals surface area contributed by atoms with Crippen LogP contribution >= 0.6 is 0 Å². The Kier molecular flexibility index (Phi) is 8.07. The molecule has 0 atom stereocenters. The van der Waals surface area contributed by atoms with Crippen molar-refractivity contribution in [2.75, 3.05) is 0 Å². The Bertz CT molecular complexity index is 2360. The summed E-state index contributed by atoms with van der Waals surface area (Å²) >= 11 is 0. The van der Waals surface area contributed by atoms with Crippen LogP contribution in [0.15, 0.2) is 59.9 Å². The molecule has 3 aromatic rings. The Hall–Kier alpha value is -7.88. The van der Waals surface area contributed by atoms with Crippen LogP contribution in [0.3, 0.4) is 0 Å². The number of hydrogen-bond acceptors (Lipinski definition) is 4. The van der Waals surface area contributed by atoms with Gasteiger partial charge in [0.15, 0.2) is 5.69 Å². The first-order valence-corrected chi connectivity index (χ1v) is 13.5. The van der Waals surface area contributed by atoms with Gasteiger partial charge in [-0.1, -0.05) is 36.4 Å². The van der Waals surface area contributed by atoms with Crippen molar-refractivity contribution in [2.24, 2.45) is 0 Å². The van der Waals surface area contributed by atoms with Gasteiger partial charge in [0.25, 0.3) is 11.4 Å². The van der Waals surface area contributed by atoms with Gasteiger partial charge in [0.2, 0.25) is 5.70 Å². The minimum absolute atomic E-state index is 0.0217. The van der Waals surface area contributed by atoms with E-state index in [2.05, 4.69) is 19.4 Å². The highest BCUT2D eigenvalue weighted by atomic mass is 19.4. The molecule has 0 saturated carbocycles. The van der Waals surface area contributed by atoms with Gasteiger partial charge in [0.05, 0.1) is 66.8 Å². The molecule has 0 heterocycles. The Morgan fingerprint density at radius 3 is 1.44 bits per heavy atom. The van der Waals surface area contributed by atoms with E-state index >= 15 is 26.3 Å². The maximum atomic E-state index is 15.6. The zero-order valence-corrected chi connectivity index (χ0v) is 24.5. The number of allylic oxidation sites excluding steroid dienone is 7. The van der Waals surface area contributed by atoms with E-state index in [1.807, 2.05) is 0 Å². The molecule has 50 heavy (non-hydrogen) atoms. The third-order valence-corrected chi connectivity index (χ3v) is 7.76. The van der Waals surface area contributed by atoms with Crippen LogP contribution in [0.4, 0.5) is 32.0 Å². The van der Waals surface area contributed by atoms with E-state index in [9.17, 15) is 21.0 Å². The van der Waals surface area contributed by atoms with E-state index in [4.69, 9.17) is 26.3 Å². The highest BCUT2D eigenvalue weighted by molar-refractivity contribution is 6.30. The highest BCUT2D eigenvalue weighted by Crippen LogP contribution is 2.63. The number of nitriles is 4. The summed E-state index contributed by atoms with van der Waals surface area (Å²) in [6.45, 7) is 30.3. The second-order valence-corrected chi connectivity index (χ2v) is 10.2. The molecular weight excluding hydrogens is 658 g/mol. The summed E-state index contributed by atoms with van der Waals surface area (Å²) in [6.07, 6.45) is -11.3. The van der Waals surface area contributed by atoms with Gasteiger partial charge < -0.3 is 0 Å². The van der Waals surface area contributed by atoms with Crippen molar-refractivity contribution in [1.82, 2.24) is 0 Å². The largest absolute Gasteiger partial charge is 0.417 e. The van der Waals surface area contributed by atoms with Gasteiger partial charge in [-0.2, -0.15) is 36.9 Å². The van der Waals surface area contributed by atoms with Crippen LogP contribution < -0.4 is 0 Å². The predicted molar refractivity (Wildman–Crippen MR) is 164 cm³/mol. The molecule has 0 radical (unpaired) electrons. The lowest BCUT2D eigenvalue weighted by atomic mass is 9.82. The van der Waals surface area contributed by atoms with Gasteiger partial charge in [-0.25, -0.2) is 29.9 Å². The molecule has 0 amide bonds. The fourth-order valence-corrected chi connectivity index (χ4v) is 6.00. The van der Waals surface area contributed by atoms with Crippen molar-refractivity contribution >= 4 is 39.2 Å². The summed E-state index contributed by atoms with van der Waals surface area (Å²) in [5, 5.41) is 39.5. The molecule has 2 aliphatic carbocycles. The van der Waals surface area contributed by atoms with Crippen molar-refractivity contribution in [3.05, 3.63) is 156 Å². The quantitative estimate of drug-likeness (QED) is 0.154. The first kappa shape index (κ1) is 33.5. The summed E-state index contributed by atoms with van der Waals surface area (Å²) < 4.78 is 93.3. The molecule has 0 N–H and O–H groups in total. The monoisotopic (exact) mass is 666 g/mol. The SMILES string of the molecule is [C-]#[N+]C1=C(c2ccc([N+]#[C-])cc2)/C(=C(/C#N)[N+]#[C-])c2c1c(C(F)(F)F)c1c(c2C(F)(F)F)/C(=C(/C#N)[N+]#[C-])C(c2ccc(C#N)cc2)=C1C#N. The van der Waals surface area contributed by atoms with Crippen molar-refractivity contribution in [2.45, 2.75) is 12.4 Å². The van der Waals surface area contributed by atoms with Crippen molar-refractivity contribution in [3.8, 4) is 24.3 Å². The number of hydrogen-bond donors (Lipinski definition) is 0. The minimum atomic E-state index is -5.66. The third kappa shape index (κ3) is 4.88.